The first-order valence-corrected chi connectivity index (χ1v) is 6.88. The monoisotopic (exact) mass is 257 g/mol. The highest BCUT2D eigenvalue weighted by molar-refractivity contribution is 5.88. The third kappa shape index (κ3) is 2.79. The van der Waals surface area contributed by atoms with E-state index in [4.69, 9.17) is 0 Å². The van der Waals surface area contributed by atoms with E-state index < -0.39 is 0 Å². The summed E-state index contributed by atoms with van der Waals surface area (Å²) >= 11 is 0. The third-order valence-electron chi connectivity index (χ3n) is 3.69. The standard InChI is InChI=1S/C15H19N3O/c19-15(18-12-4-3-7-16-10-12)8-11-9-17-14-6-2-1-5-13(11)14/h1-2,5-6,9,12,16-17H,3-4,7-8,10H2,(H,18,19)/t12-/m1/s1. The van der Waals surface area contributed by atoms with Gasteiger partial charge in [0.1, 0.15) is 0 Å². The second-order valence-corrected chi connectivity index (χ2v) is 5.15. The summed E-state index contributed by atoms with van der Waals surface area (Å²) in [7, 11) is 0. The Labute approximate surface area is 112 Å². The minimum absolute atomic E-state index is 0.110. The number of amides is 1. The van der Waals surface area contributed by atoms with Gasteiger partial charge in [-0.3, -0.25) is 4.79 Å². The quantitative estimate of drug-likeness (QED) is 0.782. The molecule has 1 atom stereocenters. The number of benzene rings is 1. The van der Waals surface area contributed by atoms with E-state index in [1.807, 2.05) is 24.4 Å². The third-order valence-corrected chi connectivity index (χ3v) is 3.69. The fourth-order valence-electron chi connectivity index (χ4n) is 2.70. The van der Waals surface area contributed by atoms with Crippen molar-refractivity contribution in [2.24, 2.45) is 0 Å². The van der Waals surface area contributed by atoms with Crippen LogP contribution < -0.4 is 10.6 Å². The van der Waals surface area contributed by atoms with Crippen molar-refractivity contribution in [3.63, 3.8) is 0 Å². The maximum atomic E-state index is 12.1. The summed E-state index contributed by atoms with van der Waals surface area (Å²) in [4.78, 5) is 15.3. The van der Waals surface area contributed by atoms with Crippen molar-refractivity contribution in [3.8, 4) is 0 Å². The van der Waals surface area contributed by atoms with Crippen molar-refractivity contribution < 1.29 is 4.79 Å². The lowest BCUT2D eigenvalue weighted by molar-refractivity contribution is -0.121. The smallest absolute Gasteiger partial charge is 0.224 e. The Morgan fingerprint density at radius 2 is 2.26 bits per heavy atom. The van der Waals surface area contributed by atoms with Crippen molar-refractivity contribution in [2.45, 2.75) is 25.3 Å². The summed E-state index contributed by atoms with van der Waals surface area (Å²) < 4.78 is 0. The minimum Gasteiger partial charge on any atom is -0.361 e. The summed E-state index contributed by atoms with van der Waals surface area (Å²) in [5.74, 6) is 0.110. The number of hydrogen-bond acceptors (Lipinski definition) is 2. The molecule has 1 aliphatic rings. The number of H-pyrrole nitrogens is 1. The molecule has 19 heavy (non-hydrogen) atoms. The van der Waals surface area contributed by atoms with Gasteiger partial charge in [-0.1, -0.05) is 18.2 Å². The molecule has 0 spiro atoms. The van der Waals surface area contributed by atoms with Crippen LogP contribution in [-0.2, 0) is 11.2 Å². The summed E-state index contributed by atoms with van der Waals surface area (Å²) in [5.41, 5.74) is 2.15. The van der Waals surface area contributed by atoms with Gasteiger partial charge in [0.15, 0.2) is 0 Å². The summed E-state index contributed by atoms with van der Waals surface area (Å²) in [6, 6.07) is 8.36. The lowest BCUT2D eigenvalue weighted by Crippen LogP contribution is -2.46. The van der Waals surface area contributed by atoms with Gasteiger partial charge in [-0.05, 0) is 31.0 Å². The SMILES string of the molecule is O=C(Cc1c[nH]c2ccccc12)N[C@@H]1CCCNC1. The molecule has 2 heterocycles. The van der Waals surface area contributed by atoms with Crippen LogP contribution in [0.2, 0.25) is 0 Å². The number of rotatable bonds is 3. The molecular formula is C15H19N3O. The fraction of sp³-hybridized carbons (Fsp3) is 0.400. The molecule has 4 heteroatoms. The highest BCUT2D eigenvalue weighted by atomic mass is 16.1. The number of fused-ring (bicyclic) bond motifs is 1. The Bertz CT molecular complexity index is 570. The minimum atomic E-state index is 0.110. The average Bonchev–Trinajstić information content (AvgIpc) is 2.83. The van der Waals surface area contributed by atoms with Crippen molar-refractivity contribution in [1.29, 1.82) is 0 Å². The first-order chi connectivity index (χ1) is 9.33. The zero-order chi connectivity index (χ0) is 13.1. The number of hydrogen-bond donors (Lipinski definition) is 3. The van der Waals surface area contributed by atoms with Crippen molar-refractivity contribution in [3.05, 3.63) is 36.0 Å². The zero-order valence-electron chi connectivity index (χ0n) is 10.9. The second-order valence-electron chi connectivity index (χ2n) is 5.15. The van der Waals surface area contributed by atoms with Gasteiger partial charge in [0, 0.05) is 29.7 Å². The van der Waals surface area contributed by atoms with E-state index in [0.29, 0.717) is 6.42 Å². The van der Waals surface area contributed by atoms with Gasteiger partial charge in [0.2, 0.25) is 5.91 Å². The highest BCUT2D eigenvalue weighted by Crippen LogP contribution is 2.18. The van der Waals surface area contributed by atoms with Gasteiger partial charge < -0.3 is 15.6 Å². The average molecular weight is 257 g/mol. The first-order valence-electron chi connectivity index (χ1n) is 6.88. The van der Waals surface area contributed by atoms with Crippen LogP contribution in [0.4, 0.5) is 0 Å². The van der Waals surface area contributed by atoms with Gasteiger partial charge >= 0.3 is 0 Å². The van der Waals surface area contributed by atoms with E-state index in [-0.39, 0.29) is 11.9 Å². The predicted octanol–water partition coefficient (Wildman–Crippen LogP) is 1.58. The van der Waals surface area contributed by atoms with Crippen LogP contribution >= 0.6 is 0 Å². The lowest BCUT2D eigenvalue weighted by Gasteiger charge is -2.23. The van der Waals surface area contributed by atoms with Crippen LogP contribution in [0.15, 0.2) is 30.5 Å². The van der Waals surface area contributed by atoms with Gasteiger partial charge in [0.05, 0.1) is 6.42 Å². The van der Waals surface area contributed by atoms with E-state index in [0.717, 1.165) is 42.4 Å². The lowest BCUT2D eigenvalue weighted by atomic mass is 10.1. The molecule has 1 saturated heterocycles. The Morgan fingerprint density at radius 1 is 1.37 bits per heavy atom. The van der Waals surface area contributed by atoms with Crippen LogP contribution in [0.5, 0.6) is 0 Å². The van der Waals surface area contributed by atoms with Crippen LogP contribution in [-0.4, -0.2) is 30.0 Å². The number of carbonyl (C=O) groups is 1. The van der Waals surface area contributed by atoms with Crippen molar-refractivity contribution in [1.82, 2.24) is 15.6 Å². The van der Waals surface area contributed by atoms with Gasteiger partial charge in [-0.15, -0.1) is 0 Å². The maximum Gasteiger partial charge on any atom is 0.224 e. The van der Waals surface area contributed by atoms with E-state index in [1.165, 1.54) is 0 Å². The normalized spacial score (nSPS) is 19.5. The fourth-order valence-corrected chi connectivity index (χ4v) is 2.70. The Hall–Kier alpha value is -1.81. The molecule has 1 amide bonds. The van der Waals surface area contributed by atoms with Crippen molar-refractivity contribution in [2.75, 3.05) is 13.1 Å². The molecule has 1 aromatic carbocycles. The molecule has 1 fully saturated rings. The van der Waals surface area contributed by atoms with E-state index in [9.17, 15) is 4.79 Å². The maximum absolute atomic E-state index is 12.1. The van der Waals surface area contributed by atoms with Crippen LogP contribution in [0.1, 0.15) is 18.4 Å². The Kier molecular flexibility index (Phi) is 3.51. The number of para-hydroxylation sites is 1. The summed E-state index contributed by atoms with van der Waals surface area (Å²) in [6.07, 6.45) is 4.59. The number of aromatic nitrogens is 1. The Balaban J connectivity index is 1.65. The van der Waals surface area contributed by atoms with Gasteiger partial charge in [-0.2, -0.15) is 0 Å². The first kappa shape index (κ1) is 12.2. The largest absolute Gasteiger partial charge is 0.361 e. The molecule has 1 aromatic heterocycles. The molecule has 2 aromatic rings. The molecule has 3 rings (SSSR count). The number of nitrogens with one attached hydrogen (secondary N) is 3. The summed E-state index contributed by atoms with van der Waals surface area (Å²) in [6.45, 7) is 1.95. The number of carbonyl (C=O) groups excluding carboxylic acids is 1. The number of piperidine rings is 1. The van der Waals surface area contributed by atoms with Crippen LogP contribution in [0, 0.1) is 0 Å². The molecule has 0 radical (unpaired) electrons. The second kappa shape index (κ2) is 5.45. The van der Waals surface area contributed by atoms with E-state index in [1.54, 1.807) is 0 Å². The van der Waals surface area contributed by atoms with E-state index >= 15 is 0 Å². The summed E-state index contributed by atoms with van der Waals surface area (Å²) in [5, 5.41) is 7.55. The molecule has 3 N–H and O–H groups in total. The predicted molar refractivity (Wildman–Crippen MR) is 76.0 cm³/mol. The molecule has 0 saturated carbocycles. The van der Waals surface area contributed by atoms with Crippen LogP contribution in [0.25, 0.3) is 10.9 Å². The topological polar surface area (TPSA) is 56.9 Å². The zero-order valence-corrected chi connectivity index (χ0v) is 10.9. The van der Waals surface area contributed by atoms with Gasteiger partial charge in [0.25, 0.3) is 0 Å². The van der Waals surface area contributed by atoms with Gasteiger partial charge in [-0.25, -0.2) is 0 Å². The molecule has 0 aliphatic carbocycles. The Morgan fingerprint density at radius 3 is 3.11 bits per heavy atom. The number of aromatic amines is 1. The molecule has 1 aliphatic heterocycles. The molecule has 100 valence electrons. The van der Waals surface area contributed by atoms with Crippen molar-refractivity contribution >= 4 is 16.8 Å². The van der Waals surface area contributed by atoms with E-state index in [2.05, 4.69) is 21.7 Å². The highest BCUT2D eigenvalue weighted by Gasteiger charge is 2.16. The molecule has 0 unspecified atom stereocenters. The molecular weight excluding hydrogens is 238 g/mol. The molecule has 4 nitrogen and oxygen atoms in total. The molecule has 0 bridgehead atoms. The van der Waals surface area contributed by atoms with Crippen LogP contribution in [0.3, 0.4) is 0 Å².